The summed E-state index contributed by atoms with van der Waals surface area (Å²) < 4.78 is 22.7. The van der Waals surface area contributed by atoms with Gasteiger partial charge in [0.15, 0.2) is 0 Å². The Hall–Kier alpha value is -3.54. The van der Waals surface area contributed by atoms with E-state index in [0.29, 0.717) is 47.7 Å². The lowest BCUT2D eigenvalue weighted by atomic mass is 9.79. The van der Waals surface area contributed by atoms with Crippen molar-refractivity contribution in [2.24, 2.45) is 23.7 Å². The van der Waals surface area contributed by atoms with Crippen LogP contribution in [0.5, 0.6) is 11.5 Å². The number of allylic oxidation sites excluding steroid dienone is 2. The van der Waals surface area contributed by atoms with Gasteiger partial charge in [-0.2, -0.15) is 0 Å². The highest BCUT2D eigenvalue weighted by molar-refractivity contribution is 5.90. The molecule has 2 aromatic carbocycles. The normalized spacial score (nSPS) is 21.4. The zero-order valence-electron chi connectivity index (χ0n) is 31.7. The van der Waals surface area contributed by atoms with E-state index in [1.54, 1.807) is 55.5 Å². The topological polar surface area (TPSA) is 71.1 Å². The van der Waals surface area contributed by atoms with Crippen LogP contribution in [0.2, 0.25) is 0 Å². The van der Waals surface area contributed by atoms with E-state index in [4.69, 9.17) is 18.9 Å². The molecule has 0 amide bonds. The number of ether oxygens (including phenoxy) is 4. The van der Waals surface area contributed by atoms with Crippen LogP contribution in [0.4, 0.5) is 0 Å². The largest absolute Gasteiger partial charge is 0.490 e. The fraction of sp³-hybridized carbons (Fsp3) is 0.600. The molecule has 0 saturated heterocycles. The lowest BCUT2D eigenvalue weighted by Crippen LogP contribution is -2.22. The summed E-state index contributed by atoms with van der Waals surface area (Å²) in [5.41, 5.74) is 0.838. The van der Waals surface area contributed by atoms with E-state index in [1.807, 2.05) is 0 Å². The number of esters is 2. The van der Waals surface area contributed by atoms with Crippen molar-refractivity contribution in [3.05, 3.63) is 84.0 Å². The van der Waals surface area contributed by atoms with E-state index in [1.165, 1.54) is 103 Å². The van der Waals surface area contributed by atoms with E-state index in [-0.39, 0.29) is 6.61 Å². The molecule has 1 atom stereocenters. The molecule has 0 aliphatic heterocycles. The monoisotopic (exact) mass is 700 g/mol. The number of rotatable bonds is 21. The predicted molar refractivity (Wildman–Crippen MR) is 206 cm³/mol. The van der Waals surface area contributed by atoms with E-state index in [9.17, 15) is 9.59 Å². The highest BCUT2D eigenvalue weighted by Crippen LogP contribution is 2.34. The minimum absolute atomic E-state index is 0.0394. The van der Waals surface area contributed by atoms with Gasteiger partial charge in [0.05, 0.1) is 11.1 Å². The first kappa shape index (κ1) is 40.2. The molecule has 0 aromatic heterocycles. The van der Waals surface area contributed by atoms with Gasteiger partial charge < -0.3 is 18.9 Å². The molecular formula is C45H64O6. The van der Waals surface area contributed by atoms with Crippen LogP contribution in [0.15, 0.2) is 72.8 Å². The second-order valence-corrected chi connectivity index (χ2v) is 14.9. The summed E-state index contributed by atoms with van der Waals surface area (Å²) in [6.45, 7) is 7.23. The number of hydrogen-bond acceptors (Lipinski definition) is 6. The summed E-state index contributed by atoms with van der Waals surface area (Å²) in [5.74, 6) is 3.62. The van der Waals surface area contributed by atoms with Gasteiger partial charge in [0.2, 0.25) is 0 Å². The number of carbonyl (C=O) groups excluding carboxylic acids is 2. The van der Waals surface area contributed by atoms with Crippen molar-refractivity contribution >= 4 is 11.9 Å². The van der Waals surface area contributed by atoms with Gasteiger partial charge in [-0.25, -0.2) is 9.59 Å². The Kier molecular flexibility index (Phi) is 18.2. The molecule has 0 radical (unpaired) electrons. The van der Waals surface area contributed by atoms with Gasteiger partial charge in [-0.05, 0) is 130 Å². The summed E-state index contributed by atoms with van der Waals surface area (Å²) in [6, 6.07) is 13.9. The van der Waals surface area contributed by atoms with Crippen LogP contribution in [0, 0.1) is 23.7 Å². The minimum Gasteiger partial charge on any atom is -0.490 e. The molecule has 2 fully saturated rings. The Balaban J connectivity index is 1.07. The molecule has 0 heterocycles. The van der Waals surface area contributed by atoms with Gasteiger partial charge in [-0.1, -0.05) is 89.5 Å². The molecule has 51 heavy (non-hydrogen) atoms. The average Bonchev–Trinajstić information content (AvgIpc) is 3.16. The van der Waals surface area contributed by atoms with Crippen molar-refractivity contribution in [3.63, 3.8) is 0 Å². The van der Waals surface area contributed by atoms with Crippen molar-refractivity contribution in [2.45, 2.75) is 130 Å². The molecule has 2 aliphatic rings. The second-order valence-electron chi connectivity index (χ2n) is 14.9. The minimum atomic E-state index is -0.598. The number of benzene rings is 2. The van der Waals surface area contributed by atoms with Crippen LogP contribution in [-0.4, -0.2) is 37.9 Å². The third-order valence-corrected chi connectivity index (χ3v) is 10.7. The van der Waals surface area contributed by atoms with Crippen molar-refractivity contribution in [2.75, 3.05) is 19.8 Å². The lowest BCUT2D eigenvalue weighted by molar-refractivity contribution is 0.00447. The predicted octanol–water partition coefficient (Wildman–Crippen LogP) is 11.7. The molecule has 2 aromatic rings. The van der Waals surface area contributed by atoms with Crippen molar-refractivity contribution in [1.29, 1.82) is 0 Å². The molecule has 280 valence electrons. The lowest BCUT2D eigenvalue weighted by Gasteiger charge is -2.26. The summed E-state index contributed by atoms with van der Waals surface area (Å²) in [7, 11) is 0. The van der Waals surface area contributed by atoms with Crippen LogP contribution in [0.3, 0.4) is 0 Å². The number of unbranched alkanes of at least 4 members (excludes halogenated alkanes) is 4. The standard InChI is InChI=1S/C45H64O6/c1-4-6-8-12-36-16-20-38(21-17-36)14-10-32-48-42-28-24-40(25-29-42)44(46)50-34-35(3)51-45(47)41-26-30-43(31-27-41)49-33-11-15-39-22-18-37(19-23-39)13-9-7-5-2/h10-11,14-15,24-31,35-39H,4-9,12-13,16-23,32-34H2,1-3H3/b14-10+,15-11+/t35-,36-,37-,38-,39-/m1/s1. The highest BCUT2D eigenvalue weighted by Gasteiger charge is 2.20. The van der Waals surface area contributed by atoms with Gasteiger partial charge in [0.1, 0.15) is 37.4 Å². The Morgan fingerprint density at radius 1 is 0.627 bits per heavy atom. The zero-order chi connectivity index (χ0) is 36.1. The van der Waals surface area contributed by atoms with Crippen LogP contribution in [-0.2, 0) is 9.47 Å². The first-order valence-corrected chi connectivity index (χ1v) is 20.1. The van der Waals surface area contributed by atoms with Crippen LogP contribution < -0.4 is 9.47 Å². The van der Waals surface area contributed by atoms with Gasteiger partial charge in [0, 0.05) is 0 Å². The van der Waals surface area contributed by atoms with Crippen molar-refractivity contribution in [3.8, 4) is 11.5 Å². The molecule has 2 saturated carbocycles. The Labute approximate surface area is 308 Å². The molecule has 4 rings (SSSR count). The first-order chi connectivity index (χ1) is 24.9. The smallest absolute Gasteiger partial charge is 0.338 e. The fourth-order valence-electron chi connectivity index (χ4n) is 7.43. The van der Waals surface area contributed by atoms with E-state index < -0.39 is 18.0 Å². The number of carbonyl (C=O) groups is 2. The molecule has 0 unspecified atom stereocenters. The molecule has 0 bridgehead atoms. The Morgan fingerprint density at radius 3 is 1.49 bits per heavy atom. The maximum atomic E-state index is 12.7. The van der Waals surface area contributed by atoms with Gasteiger partial charge >= 0.3 is 11.9 Å². The Morgan fingerprint density at radius 2 is 1.06 bits per heavy atom. The maximum Gasteiger partial charge on any atom is 0.338 e. The Bertz CT molecular complexity index is 1310. The van der Waals surface area contributed by atoms with Crippen LogP contribution in [0.1, 0.15) is 144 Å². The fourth-order valence-corrected chi connectivity index (χ4v) is 7.43. The molecule has 0 spiro atoms. The van der Waals surface area contributed by atoms with E-state index >= 15 is 0 Å². The first-order valence-electron chi connectivity index (χ1n) is 20.1. The maximum absolute atomic E-state index is 12.7. The molecule has 6 heteroatoms. The summed E-state index contributed by atoms with van der Waals surface area (Å²) >= 11 is 0. The SMILES string of the molecule is CCCCC[C@H]1CC[C@H](/C=C/COc2ccc(C(=O)OC[C@@H](C)OC(=O)c3ccc(OC/C=C/[C@H]4CC[C@H](CCCCC)CC4)cc3)cc2)CC1. The third-order valence-electron chi connectivity index (χ3n) is 10.7. The number of hydrogen-bond donors (Lipinski definition) is 0. The molecule has 2 aliphatic carbocycles. The van der Waals surface area contributed by atoms with Gasteiger partial charge in [-0.3, -0.25) is 0 Å². The summed E-state index contributed by atoms with van der Waals surface area (Å²) in [6.07, 6.45) is 29.7. The highest BCUT2D eigenvalue weighted by atomic mass is 16.6. The molecular weight excluding hydrogens is 636 g/mol. The average molecular weight is 701 g/mol. The van der Waals surface area contributed by atoms with Crippen LogP contribution in [0.25, 0.3) is 0 Å². The molecule has 0 N–H and O–H groups in total. The van der Waals surface area contributed by atoms with Crippen LogP contribution >= 0.6 is 0 Å². The third kappa shape index (κ3) is 15.3. The van der Waals surface area contributed by atoms with E-state index in [2.05, 4.69) is 38.2 Å². The molecule has 6 nitrogen and oxygen atoms in total. The van der Waals surface area contributed by atoms with Crippen molar-refractivity contribution < 1.29 is 28.5 Å². The second kappa shape index (κ2) is 23.1. The zero-order valence-corrected chi connectivity index (χ0v) is 31.7. The van der Waals surface area contributed by atoms with Gasteiger partial charge in [0.25, 0.3) is 0 Å². The summed E-state index contributed by atoms with van der Waals surface area (Å²) in [4.78, 5) is 25.3. The van der Waals surface area contributed by atoms with Crippen molar-refractivity contribution in [1.82, 2.24) is 0 Å². The van der Waals surface area contributed by atoms with E-state index in [0.717, 1.165) is 11.8 Å². The van der Waals surface area contributed by atoms with Gasteiger partial charge in [-0.15, -0.1) is 0 Å². The summed E-state index contributed by atoms with van der Waals surface area (Å²) in [5, 5.41) is 0. The quantitative estimate of drug-likeness (QED) is 0.0733.